The summed E-state index contributed by atoms with van der Waals surface area (Å²) in [7, 11) is 0. The second-order valence-electron chi connectivity index (χ2n) is 5.10. The van der Waals surface area contributed by atoms with Gasteiger partial charge in [-0.05, 0) is 29.9 Å². The lowest BCUT2D eigenvalue weighted by Crippen LogP contribution is -2.28. The van der Waals surface area contributed by atoms with E-state index in [1.165, 1.54) is 11.3 Å². The molecule has 0 saturated heterocycles. The minimum Gasteiger partial charge on any atom is -0.465 e. The van der Waals surface area contributed by atoms with Gasteiger partial charge in [-0.25, -0.2) is 0 Å². The molecule has 0 fully saturated rings. The van der Waals surface area contributed by atoms with E-state index in [2.05, 4.69) is 0 Å². The summed E-state index contributed by atoms with van der Waals surface area (Å²) in [5.41, 5.74) is 0.963. The molecule has 2 rings (SSSR count). The van der Waals surface area contributed by atoms with E-state index in [1.54, 1.807) is 6.07 Å². The molecule has 0 N–H and O–H groups in total. The fourth-order valence-electron chi connectivity index (χ4n) is 2.14. The molecule has 116 valence electrons. The average Bonchev–Trinajstić information content (AvgIpc) is 3.07. The van der Waals surface area contributed by atoms with Crippen LogP contribution in [0.4, 0.5) is 0 Å². The van der Waals surface area contributed by atoms with Gasteiger partial charge in [0.05, 0.1) is 11.5 Å². The maximum atomic E-state index is 12.6. The molecule has 0 amide bonds. The zero-order valence-corrected chi connectivity index (χ0v) is 13.5. The first-order chi connectivity index (χ1) is 10.7. The summed E-state index contributed by atoms with van der Waals surface area (Å²) in [6.07, 6.45) is 2.15. The predicted octanol–water partition coefficient (Wildman–Crippen LogP) is 4.13. The molecule has 0 aliphatic rings. The Morgan fingerprint density at radius 3 is 2.55 bits per heavy atom. The molecule has 0 aliphatic carbocycles. The average molecular weight is 316 g/mol. The smallest absolute Gasteiger partial charge is 0.317 e. The third kappa shape index (κ3) is 4.53. The van der Waals surface area contributed by atoms with Crippen LogP contribution in [0.5, 0.6) is 0 Å². The molecule has 0 spiro atoms. The summed E-state index contributed by atoms with van der Waals surface area (Å²) in [4.78, 5) is 25.5. The van der Waals surface area contributed by atoms with Gasteiger partial charge in [0.1, 0.15) is 5.92 Å². The van der Waals surface area contributed by atoms with Crippen molar-refractivity contribution < 1.29 is 14.3 Å². The van der Waals surface area contributed by atoms with Crippen molar-refractivity contribution in [2.24, 2.45) is 5.92 Å². The number of hydrogen-bond donors (Lipinski definition) is 0. The van der Waals surface area contributed by atoms with Crippen molar-refractivity contribution in [3.8, 4) is 0 Å². The van der Waals surface area contributed by atoms with Crippen LogP contribution in [-0.2, 0) is 16.0 Å². The molecule has 0 saturated carbocycles. The number of Topliss-reactive ketones (excluding diaryl/α,β-unsaturated/α-hetero) is 1. The Kier molecular flexibility index (Phi) is 6.34. The van der Waals surface area contributed by atoms with Gasteiger partial charge in [-0.1, -0.05) is 49.7 Å². The summed E-state index contributed by atoms with van der Waals surface area (Å²) < 4.78 is 5.28. The van der Waals surface area contributed by atoms with Crippen molar-refractivity contribution >= 4 is 23.1 Å². The van der Waals surface area contributed by atoms with Crippen LogP contribution < -0.4 is 0 Å². The third-order valence-corrected chi connectivity index (χ3v) is 4.27. The van der Waals surface area contributed by atoms with Gasteiger partial charge < -0.3 is 4.74 Å². The second-order valence-corrected chi connectivity index (χ2v) is 6.05. The molecule has 4 heteroatoms. The fraction of sp³-hybridized carbons (Fsp3) is 0.333. The summed E-state index contributed by atoms with van der Waals surface area (Å²) in [5.74, 6) is -1.34. The van der Waals surface area contributed by atoms with Crippen LogP contribution in [-0.4, -0.2) is 18.4 Å². The highest BCUT2D eigenvalue weighted by Gasteiger charge is 2.29. The van der Waals surface area contributed by atoms with Gasteiger partial charge in [-0.3, -0.25) is 9.59 Å². The summed E-state index contributed by atoms with van der Waals surface area (Å²) in [6.45, 7) is 2.41. The number of esters is 1. The van der Waals surface area contributed by atoms with Crippen LogP contribution >= 0.6 is 11.3 Å². The van der Waals surface area contributed by atoms with E-state index in [0.717, 1.165) is 18.4 Å². The number of rotatable bonds is 8. The number of hydrogen-bond acceptors (Lipinski definition) is 4. The Hall–Kier alpha value is -1.94. The van der Waals surface area contributed by atoms with E-state index in [9.17, 15) is 9.59 Å². The molecule has 1 aromatic carbocycles. The van der Waals surface area contributed by atoms with Gasteiger partial charge in [-0.15, -0.1) is 11.3 Å². The number of carbonyl (C=O) groups excluding carboxylic acids is 2. The van der Waals surface area contributed by atoms with Crippen LogP contribution in [0.2, 0.25) is 0 Å². The first-order valence-corrected chi connectivity index (χ1v) is 8.38. The van der Waals surface area contributed by atoms with E-state index in [1.807, 2.05) is 48.7 Å². The van der Waals surface area contributed by atoms with Crippen LogP contribution in [0.15, 0.2) is 47.8 Å². The standard InChI is InChI=1S/C18H20O3S/c1-2-3-11-21-18(20)15(13-14-8-5-4-6-9-14)17(19)16-10-7-12-22-16/h4-10,12,15H,2-3,11,13H2,1H3. The van der Waals surface area contributed by atoms with Crippen molar-refractivity contribution in [2.75, 3.05) is 6.61 Å². The molecular formula is C18H20O3S. The molecule has 0 radical (unpaired) electrons. The first kappa shape index (κ1) is 16.4. The lowest BCUT2D eigenvalue weighted by atomic mass is 9.94. The van der Waals surface area contributed by atoms with Crippen molar-refractivity contribution in [1.82, 2.24) is 0 Å². The predicted molar refractivity (Wildman–Crippen MR) is 88.2 cm³/mol. The van der Waals surface area contributed by atoms with Gasteiger partial charge in [0.2, 0.25) is 0 Å². The van der Waals surface area contributed by atoms with E-state index >= 15 is 0 Å². The van der Waals surface area contributed by atoms with Crippen LogP contribution in [0.1, 0.15) is 35.0 Å². The zero-order chi connectivity index (χ0) is 15.8. The Morgan fingerprint density at radius 2 is 1.91 bits per heavy atom. The van der Waals surface area contributed by atoms with E-state index in [0.29, 0.717) is 17.9 Å². The molecule has 1 heterocycles. The largest absolute Gasteiger partial charge is 0.465 e. The lowest BCUT2D eigenvalue weighted by Gasteiger charge is -2.14. The Morgan fingerprint density at radius 1 is 1.14 bits per heavy atom. The monoisotopic (exact) mass is 316 g/mol. The van der Waals surface area contributed by atoms with Gasteiger partial charge in [-0.2, -0.15) is 0 Å². The second kappa shape index (κ2) is 8.49. The minimum absolute atomic E-state index is 0.152. The molecule has 0 aliphatic heterocycles. The van der Waals surface area contributed by atoms with Crippen molar-refractivity contribution in [3.05, 3.63) is 58.3 Å². The maximum Gasteiger partial charge on any atom is 0.317 e. The number of ketones is 1. The number of benzene rings is 1. The zero-order valence-electron chi connectivity index (χ0n) is 12.7. The maximum absolute atomic E-state index is 12.6. The topological polar surface area (TPSA) is 43.4 Å². The van der Waals surface area contributed by atoms with E-state index in [-0.39, 0.29) is 5.78 Å². The van der Waals surface area contributed by atoms with Crippen molar-refractivity contribution in [3.63, 3.8) is 0 Å². The molecule has 1 atom stereocenters. The molecule has 0 bridgehead atoms. The Bertz CT molecular complexity index is 590. The van der Waals surface area contributed by atoms with Gasteiger partial charge >= 0.3 is 5.97 Å². The van der Waals surface area contributed by atoms with Crippen molar-refractivity contribution in [1.29, 1.82) is 0 Å². The van der Waals surface area contributed by atoms with Crippen LogP contribution in [0.25, 0.3) is 0 Å². The van der Waals surface area contributed by atoms with E-state index < -0.39 is 11.9 Å². The van der Waals surface area contributed by atoms with E-state index in [4.69, 9.17) is 4.74 Å². The highest BCUT2D eigenvalue weighted by molar-refractivity contribution is 7.12. The number of thiophene rings is 1. The van der Waals surface area contributed by atoms with Crippen LogP contribution in [0, 0.1) is 5.92 Å². The minimum atomic E-state index is -0.766. The highest BCUT2D eigenvalue weighted by atomic mass is 32.1. The number of carbonyl (C=O) groups is 2. The Balaban J connectivity index is 2.13. The third-order valence-electron chi connectivity index (χ3n) is 3.39. The quantitative estimate of drug-likeness (QED) is 0.318. The molecule has 1 unspecified atom stereocenters. The summed E-state index contributed by atoms with van der Waals surface area (Å²) in [6, 6.07) is 13.2. The van der Waals surface area contributed by atoms with Crippen LogP contribution in [0.3, 0.4) is 0 Å². The molecular weight excluding hydrogens is 296 g/mol. The summed E-state index contributed by atoms with van der Waals surface area (Å²) >= 11 is 1.36. The normalized spacial score (nSPS) is 11.9. The van der Waals surface area contributed by atoms with Crippen molar-refractivity contribution in [2.45, 2.75) is 26.2 Å². The fourth-order valence-corrected chi connectivity index (χ4v) is 2.86. The molecule has 3 nitrogen and oxygen atoms in total. The van der Waals surface area contributed by atoms with Gasteiger partial charge in [0.25, 0.3) is 0 Å². The number of unbranched alkanes of at least 4 members (excludes halogenated alkanes) is 1. The molecule has 2 aromatic rings. The molecule has 1 aromatic heterocycles. The Labute approximate surface area is 134 Å². The molecule has 22 heavy (non-hydrogen) atoms. The lowest BCUT2D eigenvalue weighted by molar-refractivity contribution is -0.146. The highest BCUT2D eigenvalue weighted by Crippen LogP contribution is 2.20. The van der Waals surface area contributed by atoms with Gasteiger partial charge in [0, 0.05) is 0 Å². The first-order valence-electron chi connectivity index (χ1n) is 7.50. The summed E-state index contributed by atoms with van der Waals surface area (Å²) in [5, 5.41) is 1.84. The number of ether oxygens (including phenoxy) is 1. The van der Waals surface area contributed by atoms with Gasteiger partial charge in [0.15, 0.2) is 5.78 Å². The SMILES string of the molecule is CCCCOC(=O)C(Cc1ccccc1)C(=O)c1cccs1.